The van der Waals surface area contributed by atoms with Crippen molar-refractivity contribution in [3.8, 4) is 0 Å². The first-order valence-electron chi connectivity index (χ1n) is 6.70. The lowest BCUT2D eigenvalue weighted by atomic mass is 9.74. The van der Waals surface area contributed by atoms with Crippen LogP contribution in [-0.4, -0.2) is 27.5 Å². The number of benzene rings is 1. The highest BCUT2D eigenvalue weighted by Crippen LogP contribution is 2.35. The highest BCUT2D eigenvalue weighted by molar-refractivity contribution is 6.06. The van der Waals surface area contributed by atoms with Crippen LogP contribution < -0.4 is 5.32 Å². The molecule has 0 radical (unpaired) electrons. The predicted octanol–water partition coefficient (Wildman–Crippen LogP) is 2.30. The Labute approximate surface area is 116 Å². The number of hydrogen-bond donors (Lipinski definition) is 3. The van der Waals surface area contributed by atoms with Crippen LogP contribution >= 0.6 is 0 Å². The van der Waals surface area contributed by atoms with E-state index in [1.807, 2.05) is 18.2 Å². The van der Waals surface area contributed by atoms with Crippen molar-refractivity contribution >= 4 is 22.8 Å². The van der Waals surface area contributed by atoms with Crippen molar-refractivity contribution in [2.45, 2.75) is 31.2 Å². The van der Waals surface area contributed by atoms with Gasteiger partial charge < -0.3 is 15.4 Å². The molecule has 0 aliphatic heterocycles. The smallest absolute Gasteiger partial charge is 0.305 e. The number of carbonyl (C=O) groups is 2. The standard InChI is InChI=1S/C15H16N2O3/c18-12(19)9-15(6-2-7-15)17-14(20)11-4-1-3-10-5-8-16-13(10)11/h1,3-5,8,16H,2,6-7,9H2,(H,17,20)(H,18,19). The molecule has 20 heavy (non-hydrogen) atoms. The molecule has 2 aromatic rings. The van der Waals surface area contributed by atoms with Crippen molar-refractivity contribution in [3.05, 3.63) is 36.0 Å². The molecule has 1 saturated carbocycles. The Hall–Kier alpha value is -2.30. The molecule has 0 bridgehead atoms. The van der Waals surface area contributed by atoms with E-state index in [0.29, 0.717) is 5.56 Å². The normalized spacial score (nSPS) is 16.6. The van der Waals surface area contributed by atoms with Gasteiger partial charge in [-0.25, -0.2) is 0 Å². The molecule has 0 atom stereocenters. The molecule has 1 heterocycles. The molecule has 1 aromatic heterocycles. The van der Waals surface area contributed by atoms with Gasteiger partial charge in [-0.3, -0.25) is 9.59 Å². The van der Waals surface area contributed by atoms with Gasteiger partial charge in [0.25, 0.3) is 5.91 Å². The third kappa shape index (κ3) is 2.15. The summed E-state index contributed by atoms with van der Waals surface area (Å²) in [7, 11) is 0. The summed E-state index contributed by atoms with van der Waals surface area (Å²) >= 11 is 0. The zero-order valence-electron chi connectivity index (χ0n) is 11.0. The van der Waals surface area contributed by atoms with Crippen molar-refractivity contribution in [1.82, 2.24) is 10.3 Å². The second kappa shape index (κ2) is 4.67. The number of carbonyl (C=O) groups excluding carboxylic acids is 1. The van der Waals surface area contributed by atoms with Crippen molar-refractivity contribution in [1.29, 1.82) is 0 Å². The Kier molecular flexibility index (Phi) is 2.97. The van der Waals surface area contributed by atoms with Gasteiger partial charge >= 0.3 is 5.97 Å². The fraction of sp³-hybridized carbons (Fsp3) is 0.333. The molecule has 1 aliphatic carbocycles. The SMILES string of the molecule is O=C(O)CC1(NC(=O)c2cccc3cc[nH]c23)CCC1. The number of hydrogen-bond acceptors (Lipinski definition) is 2. The number of nitrogens with one attached hydrogen (secondary N) is 2. The molecule has 5 nitrogen and oxygen atoms in total. The number of para-hydroxylation sites is 1. The summed E-state index contributed by atoms with van der Waals surface area (Å²) in [5.41, 5.74) is 0.775. The molecule has 1 aromatic carbocycles. The molecule has 3 rings (SSSR count). The molecule has 0 unspecified atom stereocenters. The molecule has 3 N–H and O–H groups in total. The summed E-state index contributed by atoms with van der Waals surface area (Å²) in [4.78, 5) is 26.4. The summed E-state index contributed by atoms with van der Waals surface area (Å²) in [6.07, 6.45) is 4.19. The number of carboxylic acids is 1. The second-order valence-electron chi connectivity index (χ2n) is 5.41. The van der Waals surface area contributed by atoms with Gasteiger partial charge in [-0.15, -0.1) is 0 Å². The second-order valence-corrected chi connectivity index (χ2v) is 5.41. The van der Waals surface area contributed by atoms with Gasteiger partial charge in [-0.2, -0.15) is 0 Å². The van der Waals surface area contributed by atoms with Gasteiger partial charge in [0.05, 0.1) is 23.0 Å². The highest BCUT2D eigenvalue weighted by Gasteiger charge is 2.40. The quantitative estimate of drug-likeness (QED) is 0.798. The Morgan fingerprint density at radius 3 is 2.75 bits per heavy atom. The Bertz CT molecular complexity index is 671. The van der Waals surface area contributed by atoms with Crippen molar-refractivity contribution in [3.63, 3.8) is 0 Å². The van der Waals surface area contributed by atoms with Gasteiger partial charge in [0.1, 0.15) is 0 Å². The first-order valence-corrected chi connectivity index (χ1v) is 6.70. The number of aromatic amines is 1. The minimum absolute atomic E-state index is 0.0144. The topological polar surface area (TPSA) is 82.2 Å². The third-order valence-electron chi connectivity index (χ3n) is 4.01. The van der Waals surface area contributed by atoms with Crippen LogP contribution in [-0.2, 0) is 4.79 Å². The molecule has 5 heteroatoms. The van der Waals surface area contributed by atoms with Crippen LogP contribution in [0.4, 0.5) is 0 Å². The van der Waals surface area contributed by atoms with E-state index in [4.69, 9.17) is 5.11 Å². The molecule has 1 aliphatic rings. The zero-order chi connectivity index (χ0) is 14.2. The number of aliphatic carboxylic acids is 1. The van der Waals surface area contributed by atoms with Crippen molar-refractivity contribution in [2.75, 3.05) is 0 Å². The first-order chi connectivity index (χ1) is 9.60. The van der Waals surface area contributed by atoms with Crippen LogP contribution in [0, 0.1) is 0 Å². The number of fused-ring (bicyclic) bond motifs is 1. The van der Waals surface area contributed by atoms with E-state index in [1.54, 1.807) is 12.3 Å². The number of aromatic nitrogens is 1. The average Bonchev–Trinajstić information content (AvgIpc) is 2.83. The number of rotatable bonds is 4. The van der Waals surface area contributed by atoms with Crippen LogP contribution in [0.2, 0.25) is 0 Å². The maximum Gasteiger partial charge on any atom is 0.305 e. The van der Waals surface area contributed by atoms with E-state index in [0.717, 1.165) is 30.2 Å². The van der Waals surface area contributed by atoms with Crippen LogP contribution in [0.1, 0.15) is 36.0 Å². The van der Waals surface area contributed by atoms with E-state index in [2.05, 4.69) is 10.3 Å². The van der Waals surface area contributed by atoms with E-state index >= 15 is 0 Å². The lowest BCUT2D eigenvalue weighted by molar-refractivity contribution is -0.139. The van der Waals surface area contributed by atoms with Gasteiger partial charge in [0, 0.05) is 11.6 Å². The minimum Gasteiger partial charge on any atom is -0.481 e. The van der Waals surface area contributed by atoms with Crippen LogP contribution in [0.5, 0.6) is 0 Å². The lowest BCUT2D eigenvalue weighted by Crippen LogP contribution is -2.54. The van der Waals surface area contributed by atoms with Crippen molar-refractivity contribution in [2.24, 2.45) is 0 Å². The zero-order valence-corrected chi connectivity index (χ0v) is 11.0. The average molecular weight is 272 g/mol. The minimum atomic E-state index is -0.872. The number of amides is 1. The molecular weight excluding hydrogens is 256 g/mol. The highest BCUT2D eigenvalue weighted by atomic mass is 16.4. The first kappa shape index (κ1) is 12.7. The van der Waals surface area contributed by atoms with Gasteiger partial charge in [-0.1, -0.05) is 12.1 Å². The molecule has 104 valence electrons. The molecular formula is C15H16N2O3. The monoisotopic (exact) mass is 272 g/mol. The molecule has 0 saturated heterocycles. The van der Waals surface area contributed by atoms with Gasteiger partial charge in [-0.05, 0) is 31.4 Å². The van der Waals surface area contributed by atoms with Crippen molar-refractivity contribution < 1.29 is 14.7 Å². The van der Waals surface area contributed by atoms with E-state index < -0.39 is 11.5 Å². The largest absolute Gasteiger partial charge is 0.481 e. The summed E-state index contributed by atoms with van der Waals surface area (Å²) in [6, 6.07) is 7.42. The Morgan fingerprint density at radius 2 is 2.10 bits per heavy atom. The fourth-order valence-electron chi connectivity index (χ4n) is 2.82. The lowest BCUT2D eigenvalue weighted by Gasteiger charge is -2.41. The van der Waals surface area contributed by atoms with Crippen LogP contribution in [0.25, 0.3) is 10.9 Å². The fourth-order valence-corrected chi connectivity index (χ4v) is 2.82. The molecule has 1 amide bonds. The Balaban J connectivity index is 1.86. The van der Waals surface area contributed by atoms with Crippen LogP contribution in [0.15, 0.2) is 30.5 Å². The summed E-state index contributed by atoms with van der Waals surface area (Å²) in [6.45, 7) is 0. The molecule has 0 spiro atoms. The van der Waals surface area contributed by atoms with E-state index in [1.165, 1.54) is 0 Å². The number of H-pyrrole nitrogens is 1. The van der Waals surface area contributed by atoms with E-state index in [9.17, 15) is 9.59 Å². The van der Waals surface area contributed by atoms with Gasteiger partial charge in [0.15, 0.2) is 0 Å². The van der Waals surface area contributed by atoms with E-state index in [-0.39, 0.29) is 12.3 Å². The van der Waals surface area contributed by atoms with Gasteiger partial charge in [0.2, 0.25) is 0 Å². The van der Waals surface area contributed by atoms with Crippen LogP contribution in [0.3, 0.4) is 0 Å². The summed E-state index contributed by atoms with van der Waals surface area (Å²) in [5.74, 6) is -1.08. The maximum atomic E-state index is 12.4. The predicted molar refractivity (Wildman–Crippen MR) is 74.6 cm³/mol. The molecule has 1 fully saturated rings. The summed E-state index contributed by atoms with van der Waals surface area (Å²) < 4.78 is 0. The third-order valence-corrected chi connectivity index (χ3v) is 4.01. The summed E-state index contributed by atoms with van der Waals surface area (Å²) in [5, 5.41) is 12.9. The maximum absolute atomic E-state index is 12.4. The Morgan fingerprint density at radius 1 is 1.30 bits per heavy atom. The number of carboxylic acid groups (broad SMARTS) is 1.